The summed E-state index contributed by atoms with van der Waals surface area (Å²) in [5.74, 6) is 1.34. The van der Waals surface area contributed by atoms with Crippen molar-refractivity contribution in [1.29, 1.82) is 0 Å². The zero-order valence-electron chi connectivity index (χ0n) is 10.8. The lowest BCUT2D eigenvalue weighted by atomic mass is 10.1. The monoisotopic (exact) mass is 235 g/mol. The summed E-state index contributed by atoms with van der Waals surface area (Å²) < 4.78 is 0. The summed E-state index contributed by atoms with van der Waals surface area (Å²) in [5.41, 5.74) is 7.84. The van der Waals surface area contributed by atoms with E-state index in [1.807, 2.05) is 13.8 Å². The van der Waals surface area contributed by atoms with E-state index in [0.717, 1.165) is 43.1 Å². The molecule has 0 saturated carbocycles. The topological polar surface area (TPSA) is 67.1 Å². The second-order valence-corrected chi connectivity index (χ2v) is 4.71. The number of aryl methyl sites for hydroxylation is 1. The van der Waals surface area contributed by atoms with Gasteiger partial charge in [0.1, 0.15) is 5.82 Å². The van der Waals surface area contributed by atoms with E-state index in [1.165, 1.54) is 0 Å². The fourth-order valence-electron chi connectivity index (χ4n) is 2.15. The Morgan fingerprint density at radius 1 is 1.24 bits per heavy atom. The van der Waals surface area contributed by atoms with Gasteiger partial charge >= 0.3 is 0 Å². The quantitative estimate of drug-likeness (QED) is 0.796. The van der Waals surface area contributed by atoms with Crippen LogP contribution in [0, 0.1) is 13.8 Å². The van der Waals surface area contributed by atoms with Crippen molar-refractivity contribution < 1.29 is 0 Å². The Morgan fingerprint density at radius 3 is 2.47 bits per heavy atom. The molecule has 5 heteroatoms. The van der Waals surface area contributed by atoms with Crippen LogP contribution < -0.4 is 16.0 Å². The number of anilines is 2. The van der Waals surface area contributed by atoms with E-state index in [2.05, 4.69) is 27.2 Å². The summed E-state index contributed by atoms with van der Waals surface area (Å²) in [6.45, 7) is 6.07. The maximum absolute atomic E-state index is 5.90. The number of nitrogens with one attached hydrogen (secondary N) is 1. The highest BCUT2D eigenvalue weighted by atomic mass is 15.3. The number of piperidine rings is 1. The van der Waals surface area contributed by atoms with Crippen LogP contribution in [0.4, 0.5) is 11.8 Å². The van der Waals surface area contributed by atoms with E-state index in [4.69, 9.17) is 5.73 Å². The van der Waals surface area contributed by atoms with Crippen molar-refractivity contribution in [3.05, 3.63) is 11.3 Å². The normalized spacial score (nSPS) is 17.1. The lowest BCUT2D eigenvalue weighted by Gasteiger charge is -2.32. The van der Waals surface area contributed by atoms with E-state index in [1.54, 1.807) is 0 Å². The van der Waals surface area contributed by atoms with Crippen LogP contribution in [-0.4, -0.2) is 36.1 Å². The predicted molar refractivity (Wildman–Crippen MR) is 70.2 cm³/mol. The fraction of sp³-hybridized carbons (Fsp3) is 0.667. The van der Waals surface area contributed by atoms with Gasteiger partial charge in [0.05, 0.1) is 0 Å². The lowest BCUT2D eigenvalue weighted by molar-refractivity contribution is 0.439. The summed E-state index contributed by atoms with van der Waals surface area (Å²) >= 11 is 0. The van der Waals surface area contributed by atoms with Gasteiger partial charge < -0.3 is 16.0 Å². The minimum atomic E-state index is 0.512. The molecule has 1 fully saturated rings. The van der Waals surface area contributed by atoms with Gasteiger partial charge in [0.25, 0.3) is 0 Å². The molecule has 3 N–H and O–H groups in total. The number of nitrogen functional groups attached to an aromatic ring is 1. The van der Waals surface area contributed by atoms with Gasteiger partial charge in [-0.3, -0.25) is 0 Å². The van der Waals surface area contributed by atoms with Crippen molar-refractivity contribution in [2.24, 2.45) is 0 Å². The first-order valence-corrected chi connectivity index (χ1v) is 6.14. The van der Waals surface area contributed by atoms with Crippen LogP contribution in [0.5, 0.6) is 0 Å². The Hall–Kier alpha value is -1.36. The first-order chi connectivity index (χ1) is 8.09. The smallest absolute Gasteiger partial charge is 0.227 e. The van der Waals surface area contributed by atoms with Crippen LogP contribution >= 0.6 is 0 Å². The third-order valence-corrected chi connectivity index (χ3v) is 3.59. The Labute approximate surface area is 102 Å². The molecule has 0 aromatic carbocycles. The van der Waals surface area contributed by atoms with E-state index >= 15 is 0 Å². The average molecular weight is 235 g/mol. The Balaban J connectivity index is 2.21. The van der Waals surface area contributed by atoms with Gasteiger partial charge in [0.2, 0.25) is 5.95 Å². The van der Waals surface area contributed by atoms with Crippen LogP contribution in [0.15, 0.2) is 0 Å². The zero-order valence-corrected chi connectivity index (χ0v) is 10.8. The molecule has 0 unspecified atom stereocenters. The highest BCUT2D eigenvalue weighted by molar-refractivity contribution is 5.47. The van der Waals surface area contributed by atoms with Crippen LogP contribution in [0.25, 0.3) is 0 Å². The number of aromatic nitrogens is 2. The minimum absolute atomic E-state index is 0.512. The molecule has 0 aliphatic carbocycles. The second kappa shape index (κ2) is 4.87. The van der Waals surface area contributed by atoms with Gasteiger partial charge in [-0.2, -0.15) is 4.98 Å². The minimum Gasteiger partial charge on any atom is -0.383 e. The molecule has 5 nitrogen and oxygen atoms in total. The molecular weight excluding hydrogens is 214 g/mol. The van der Waals surface area contributed by atoms with Gasteiger partial charge in [-0.25, -0.2) is 4.98 Å². The SMILES string of the molecule is Cc1nc(N(C)C2CCNCC2)nc(N)c1C. The molecule has 0 spiro atoms. The Bertz CT molecular complexity index is 375. The van der Waals surface area contributed by atoms with E-state index in [9.17, 15) is 0 Å². The Kier molecular flexibility index (Phi) is 3.47. The van der Waals surface area contributed by atoms with Crippen LogP contribution in [0.2, 0.25) is 0 Å². The first-order valence-electron chi connectivity index (χ1n) is 6.14. The second-order valence-electron chi connectivity index (χ2n) is 4.71. The maximum Gasteiger partial charge on any atom is 0.227 e. The molecule has 1 aromatic heterocycles. The molecule has 17 heavy (non-hydrogen) atoms. The average Bonchev–Trinajstić information content (AvgIpc) is 2.35. The largest absolute Gasteiger partial charge is 0.383 e. The maximum atomic E-state index is 5.90. The third-order valence-electron chi connectivity index (χ3n) is 3.59. The van der Waals surface area contributed by atoms with E-state index in [-0.39, 0.29) is 0 Å². The number of nitrogens with zero attached hydrogens (tertiary/aromatic N) is 3. The van der Waals surface area contributed by atoms with Gasteiger partial charge in [-0.1, -0.05) is 0 Å². The Morgan fingerprint density at radius 2 is 1.88 bits per heavy atom. The van der Waals surface area contributed by atoms with Gasteiger partial charge in [-0.15, -0.1) is 0 Å². The lowest BCUT2D eigenvalue weighted by Crippen LogP contribution is -2.42. The van der Waals surface area contributed by atoms with Gasteiger partial charge in [0.15, 0.2) is 0 Å². The molecule has 0 radical (unpaired) electrons. The van der Waals surface area contributed by atoms with Crippen LogP contribution in [0.3, 0.4) is 0 Å². The molecule has 2 heterocycles. The highest BCUT2D eigenvalue weighted by Crippen LogP contribution is 2.20. The van der Waals surface area contributed by atoms with Gasteiger partial charge in [-0.05, 0) is 39.8 Å². The highest BCUT2D eigenvalue weighted by Gasteiger charge is 2.20. The third kappa shape index (κ3) is 2.49. The molecule has 1 aliphatic heterocycles. The molecule has 2 rings (SSSR count). The molecule has 1 aromatic rings. The zero-order chi connectivity index (χ0) is 12.4. The molecule has 0 amide bonds. The summed E-state index contributed by atoms with van der Waals surface area (Å²) in [5, 5.41) is 3.36. The van der Waals surface area contributed by atoms with E-state index in [0.29, 0.717) is 11.9 Å². The number of rotatable bonds is 2. The van der Waals surface area contributed by atoms with Crippen molar-refractivity contribution in [3.63, 3.8) is 0 Å². The number of hydrogen-bond acceptors (Lipinski definition) is 5. The standard InChI is InChI=1S/C12H21N5/c1-8-9(2)15-12(16-11(8)13)17(3)10-4-6-14-7-5-10/h10,14H,4-7H2,1-3H3,(H2,13,15,16). The summed E-state index contributed by atoms with van der Waals surface area (Å²) in [6, 6.07) is 0.512. The molecule has 0 bridgehead atoms. The van der Waals surface area contributed by atoms with Crippen molar-refractivity contribution in [2.75, 3.05) is 30.8 Å². The summed E-state index contributed by atoms with van der Waals surface area (Å²) in [4.78, 5) is 11.1. The summed E-state index contributed by atoms with van der Waals surface area (Å²) in [7, 11) is 2.06. The van der Waals surface area contributed by atoms with E-state index < -0.39 is 0 Å². The van der Waals surface area contributed by atoms with Gasteiger partial charge in [0, 0.05) is 24.3 Å². The predicted octanol–water partition coefficient (Wildman–Crippen LogP) is 0.864. The molecule has 1 saturated heterocycles. The molecule has 0 atom stereocenters. The van der Waals surface area contributed by atoms with Crippen molar-refractivity contribution in [1.82, 2.24) is 15.3 Å². The van der Waals surface area contributed by atoms with Crippen LogP contribution in [0.1, 0.15) is 24.1 Å². The fourth-order valence-corrected chi connectivity index (χ4v) is 2.15. The first kappa shape index (κ1) is 12.1. The summed E-state index contributed by atoms with van der Waals surface area (Å²) in [6.07, 6.45) is 2.26. The molecule has 94 valence electrons. The van der Waals surface area contributed by atoms with Crippen molar-refractivity contribution in [2.45, 2.75) is 32.7 Å². The van der Waals surface area contributed by atoms with Crippen LogP contribution in [-0.2, 0) is 0 Å². The molecule has 1 aliphatic rings. The number of nitrogens with two attached hydrogens (primary N) is 1. The van der Waals surface area contributed by atoms with Crippen molar-refractivity contribution >= 4 is 11.8 Å². The number of hydrogen-bond donors (Lipinski definition) is 2. The van der Waals surface area contributed by atoms with Crippen molar-refractivity contribution in [3.8, 4) is 0 Å². The molecular formula is C12H21N5.